The number of nitrogens with zero attached hydrogens (tertiary/aromatic N) is 1. The Morgan fingerprint density at radius 2 is 1.89 bits per heavy atom. The Morgan fingerprint density at radius 3 is 2.62 bits per heavy atom. The average molecular weight is 511 g/mol. The summed E-state index contributed by atoms with van der Waals surface area (Å²) in [5.41, 5.74) is 2.65. The molecule has 0 aromatic heterocycles. The molecule has 2 aliphatic heterocycles. The zero-order valence-electron chi connectivity index (χ0n) is 20.0. The summed E-state index contributed by atoms with van der Waals surface area (Å²) in [6.07, 6.45) is -4.19. The lowest BCUT2D eigenvalue weighted by Gasteiger charge is -2.17. The number of alkyl halides is 3. The van der Waals surface area contributed by atoms with Gasteiger partial charge < -0.3 is 19.1 Å². The van der Waals surface area contributed by atoms with Gasteiger partial charge in [0, 0.05) is 28.8 Å². The molecule has 0 radical (unpaired) electrons. The van der Waals surface area contributed by atoms with Crippen molar-refractivity contribution in [2.45, 2.75) is 38.6 Å². The summed E-state index contributed by atoms with van der Waals surface area (Å²) in [6.45, 7) is 2.93. The lowest BCUT2D eigenvalue weighted by Crippen LogP contribution is -2.23. The smallest absolute Gasteiger partial charge is 0.416 e. The molecule has 6 nitrogen and oxygen atoms in total. The van der Waals surface area contributed by atoms with Crippen LogP contribution in [0.1, 0.15) is 51.9 Å². The van der Waals surface area contributed by atoms with Gasteiger partial charge in [0.15, 0.2) is 0 Å². The van der Waals surface area contributed by atoms with E-state index in [2.05, 4.69) is 0 Å². The van der Waals surface area contributed by atoms with Gasteiger partial charge in [-0.05, 0) is 54.4 Å². The summed E-state index contributed by atoms with van der Waals surface area (Å²) >= 11 is 0. The van der Waals surface area contributed by atoms with Gasteiger partial charge in [-0.3, -0.25) is 9.59 Å². The Kier molecular flexibility index (Phi) is 6.54. The number of hydrogen-bond acceptors (Lipinski definition) is 5. The molecule has 3 aromatic rings. The van der Waals surface area contributed by atoms with Crippen LogP contribution in [0.2, 0.25) is 0 Å². The molecule has 192 valence electrons. The molecule has 0 saturated carbocycles. The fourth-order valence-corrected chi connectivity index (χ4v) is 4.67. The maximum atomic E-state index is 13.0. The van der Waals surface area contributed by atoms with Crippen molar-refractivity contribution in [1.29, 1.82) is 0 Å². The van der Waals surface area contributed by atoms with E-state index >= 15 is 0 Å². The van der Waals surface area contributed by atoms with Gasteiger partial charge in [0.1, 0.15) is 18.1 Å². The van der Waals surface area contributed by atoms with Crippen LogP contribution in [0.5, 0.6) is 11.5 Å². The molecule has 0 bridgehead atoms. The SMILES string of the molecule is CCOC(=O)CC1COc2cc(OCc3cccc4c3CN(c3ccc(C(F)(F)F)cc3)C4=O)ccc21. The number of carbonyl (C=O) groups is 2. The van der Waals surface area contributed by atoms with Crippen molar-refractivity contribution in [2.75, 3.05) is 18.1 Å². The molecule has 0 fully saturated rings. The zero-order chi connectivity index (χ0) is 26.2. The molecule has 5 rings (SSSR count). The number of amides is 1. The Balaban J connectivity index is 1.28. The van der Waals surface area contributed by atoms with Crippen LogP contribution in [0, 0.1) is 0 Å². The van der Waals surface area contributed by atoms with Gasteiger partial charge in [0.2, 0.25) is 0 Å². The van der Waals surface area contributed by atoms with Crippen LogP contribution in [0.4, 0.5) is 18.9 Å². The highest BCUT2D eigenvalue weighted by Crippen LogP contribution is 2.39. The number of ether oxygens (including phenoxy) is 3. The van der Waals surface area contributed by atoms with Gasteiger partial charge in [-0.2, -0.15) is 13.2 Å². The number of esters is 1. The first-order valence-electron chi connectivity index (χ1n) is 11.9. The van der Waals surface area contributed by atoms with E-state index in [0.717, 1.165) is 28.8 Å². The summed E-state index contributed by atoms with van der Waals surface area (Å²) in [5, 5.41) is 0. The third-order valence-corrected chi connectivity index (χ3v) is 6.55. The molecule has 2 heterocycles. The van der Waals surface area contributed by atoms with Crippen LogP contribution in [0.25, 0.3) is 0 Å². The topological polar surface area (TPSA) is 65.1 Å². The van der Waals surface area contributed by atoms with E-state index < -0.39 is 11.7 Å². The first-order valence-corrected chi connectivity index (χ1v) is 11.9. The van der Waals surface area contributed by atoms with Gasteiger partial charge in [-0.15, -0.1) is 0 Å². The molecule has 0 aliphatic carbocycles. The predicted octanol–water partition coefficient (Wildman–Crippen LogP) is 5.87. The van der Waals surface area contributed by atoms with E-state index in [1.54, 1.807) is 25.1 Å². The molecular weight excluding hydrogens is 487 g/mol. The van der Waals surface area contributed by atoms with Crippen LogP contribution in [-0.2, 0) is 28.9 Å². The van der Waals surface area contributed by atoms with Crippen molar-refractivity contribution in [1.82, 2.24) is 0 Å². The minimum Gasteiger partial charge on any atom is -0.492 e. The number of rotatable bonds is 7. The summed E-state index contributed by atoms with van der Waals surface area (Å²) < 4.78 is 55.5. The number of carbonyl (C=O) groups excluding carboxylic acids is 2. The standard InChI is InChI=1S/C28H24F3NO5/c1-2-35-26(33)12-18-16-37-25-13-21(10-11-22(18)25)36-15-17-4-3-5-23-24(17)14-32(27(23)34)20-8-6-19(7-9-20)28(29,30)31/h3-11,13,18H,2,12,14-16H2,1H3. The molecule has 0 N–H and O–H groups in total. The van der Waals surface area contributed by atoms with Crippen LogP contribution >= 0.6 is 0 Å². The second-order valence-corrected chi connectivity index (χ2v) is 8.88. The molecule has 0 spiro atoms. The van der Waals surface area contributed by atoms with Crippen molar-refractivity contribution in [3.05, 3.63) is 88.5 Å². The first-order chi connectivity index (χ1) is 17.7. The minimum atomic E-state index is -4.44. The summed E-state index contributed by atoms with van der Waals surface area (Å²) in [7, 11) is 0. The summed E-state index contributed by atoms with van der Waals surface area (Å²) in [4.78, 5) is 26.3. The molecule has 1 unspecified atom stereocenters. The van der Waals surface area contributed by atoms with Crippen molar-refractivity contribution in [3.8, 4) is 11.5 Å². The number of hydrogen-bond donors (Lipinski definition) is 0. The molecule has 1 amide bonds. The van der Waals surface area contributed by atoms with Gasteiger partial charge in [-0.1, -0.05) is 18.2 Å². The lowest BCUT2D eigenvalue weighted by molar-refractivity contribution is -0.143. The van der Waals surface area contributed by atoms with Crippen molar-refractivity contribution in [2.24, 2.45) is 0 Å². The molecular formula is C28H24F3NO5. The van der Waals surface area contributed by atoms with E-state index in [9.17, 15) is 22.8 Å². The Labute approximate surface area is 211 Å². The molecule has 0 saturated heterocycles. The number of halogens is 3. The first kappa shape index (κ1) is 24.7. The number of benzene rings is 3. The van der Waals surface area contributed by atoms with Gasteiger partial charge in [-0.25, -0.2) is 0 Å². The Bertz CT molecular complexity index is 1340. The fourth-order valence-electron chi connectivity index (χ4n) is 4.67. The third-order valence-electron chi connectivity index (χ3n) is 6.55. The van der Waals surface area contributed by atoms with Crippen LogP contribution in [-0.4, -0.2) is 25.1 Å². The highest BCUT2D eigenvalue weighted by Gasteiger charge is 2.33. The second-order valence-electron chi connectivity index (χ2n) is 8.88. The largest absolute Gasteiger partial charge is 0.492 e. The highest BCUT2D eigenvalue weighted by atomic mass is 19.4. The number of anilines is 1. The van der Waals surface area contributed by atoms with E-state index in [1.807, 2.05) is 18.2 Å². The predicted molar refractivity (Wildman–Crippen MR) is 129 cm³/mol. The fraction of sp³-hybridized carbons (Fsp3) is 0.286. The Hall–Kier alpha value is -4.01. The quantitative estimate of drug-likeness (QED) is 0.371. The number of fused-ring (bicyclic) bond motifs is 2. The summed E-state index contributed by atoms with van der Waals surface area (Å²) in [6, 6.07) is 15.4. The van der Waals surface area contributed by atoms with Gasteiger partial charge in [0.25, 0.3) is 5.91 Å². The summed E-state index contributed by atoms with van der Waals surface area (Å²) in [5.74, 6) is 0.644. The van der Waals surface area contributed by atoms with Crippen LogP contribution in [0.15, 0.2) is 60.7 Å². The molecule has 2 aliphatic rings. The van der Waals surface area contributed by atoms with Crippen molar-refractivity contribution < 1.29 is 37.0 Å². The van der Waals surface area contributed by atoms with Crippen LogP contribution < -0.4 is 14.4 Å². The van der Waals surface area contributed by atoms with E-state index in [0.29, 0.717) is 36.0 Å². The zero-order valence-corrected chi connectivity index (χ0v) is 20.0. The van der Waals surface area contributed by atoms with E-state index in [4.69, 9.17) is 14.2 Å². The van der Waals surface area contributed by atoms with Crippen LogP contribution in [0.3, 0.4) is 0 Å². The molecule has 3 aromatic carbocycles. The van der Waals surface area contributed by atoms with Gasteiger partial charge in [0.05, 0.1) is 31.7 Å². The maximum Gasteiger partial charge on any atom is 0.416 e. The van der Waals surface area contributed by atoms with E-state index in [1.165, 1.54) is 17.0 Å². The maximum absolute atomic E-state index is 13.0. The minimum absolute atomic E-state index is 0.0670. The third kappa shape index (κ3) is 4.98. The molecule has 9 heteroatoms. The van der Waals surface area contributed by atoms with Crippen molar-refractivity contribution >= 4 is 17.6 Å². The monoisotopic (exact) mass is 511 g/mol. The molecule has 37 heavy (non-hydrogen) atoms. The lowest BCUT2D eigenvalue weighted by atomic mass is 9.98. The average Bonchev–Trinajstić information content (AvgIpc) is 3.43. The normalized spacial score (nSPS) is 16.3. The van der Waals surface area contributed by atoms with Gasteiger partial charge >= 0.3 is 12.1 Å². The highest BCUT2D eigenvalue weighted by molar-refractivity contribution is 6.10. The van der Waals surface area contributed by atoms with Crippen molar-refractivity contribution in [3.63, 3.8) is 0 Å². The molecule has 1 atom stereocenters. The Morgan fingerprint density at radius 1 is 1.11 bits per heavy atom. The van der Waals surface area contributed by atoms with E-state index in [-0.39, 0.29) is 37.4 Å². The second kappa shape index (κ2) is 9.80.